The Kier molecular flexibility index (Phi) is 5.10. The summed E-state index contributed by atoms with van der Waals surface area (Å²) >= 11 is 0. The van der Waals surface area contributed by atoms with Crippen LogP contribution in [0.4, 0.5) is 5.69 Å². The maximum absolute atomic E-state index is 12.9. The molecule has 6 heteroatoms. The van der Waals surface area contributed by atoms with E-state index >= 15 is 0 Å². The molecule has 1 N–H and O–H groups in total. The molecule has 3 rings (SSSR count). The van der Waals surface area contributed by atoms with Gasteiger partial charge in [-0.2, -0.15) is 0 Å². The van der Waals surface area contributed by atoms with Crippen LogP contribution in [0.25, 0.3) is 10.9 Å². The zero-order valence-electron chi connectivity index (χ0n) is 15.4. The van der Waals surface area contributed by atoms with E-state index in [1.54, 1.807) is 12.1 Å². The van der Waals surface area contributed by atoms with Crippen LogP contribution in [0.3, 0.4) is 0 Å². The van der Waals surface area contributed by atoms with Gasteiger partial charge in [0, 0.05) is 23.0 Å². The van der Waals surface area contributed by atoms with Crippen LogP contribution in [-0.4, -0.2) is 19.2 Å². The number of allylic oxidation sites excluding steroid dienone is 1. The molecule has 1 aromatic heterocycles. The van der Waals surface area contributed by atoms with Crippen molar-refractivity contribution in [3.05, 3.63) is 77.0 Å². The zero-order valence-corrected chi connectivity index (χ0v) is 16.2. The Morgan fingerprint density at radius 2 is 1.70 bits per heavy atom. The van der Waals surface area contributed by atoms with Crippen molar-refractivity contribution < 1.29 is 13.2 Å². The van der Waals surface area contributed by atoms with E-state index in [0.29, 0.717) is 5.69 Å². The van der Waals surface area contributed by atoms with E-state index in [1.807, 2.05) is 44.2 Å². The molecule has 3 aromatic rings. The van der Waals surface area contributed by atoms with Gasteiger partial charge in [0.1, 0.15) is 4.91 Å². The highest BCUT2D eigenvalue weighted by Crippen LogP contribution is 2.25. The Bertz CT molecular complexity index is 1150. The van der Waals surface area contributed by atoms with Crippen LogP contribution >= 0.6 is 0 Å². The van der Waals surface area contributed by atoms with Gasteiger partial charge in [0.25, 0.3) is 0 Å². The molecule has 0 aliphatic rings. The highest BCUT2D eigenvalue weighted by Gasteiger charge is 2.24. The lowest BCUT2D eigenvalue weighted by Gasteiger charge is -2.10. The average Bonchev–Trinajstić information content (AvgIpc) is 2.61. The molecule has 138 valence electrons. The second-order valence-corrected chi connectivity index (χ2v) is 8.27. The van der Waals surface area contributed by atoms with Gasteiger partial charge in [0.15, 0.2) is 5.78 Å². The predicted molar refractivity (Wildman–Crippen MR) is 107 cm³/mol. The van der Waals surface area contributed by atoms with Crippen LogP contribution in [0.15, 0.2) is 70.6 Å². The number of aromatic nitrogens is 1. The number of hydrogen-bond donors (Lipinski definition) is 1. The number of nitrogens with one attached hydrogen (secondary N) is 1. The van der Waals surface area contributed by atoms with Crippen molar-refractivity contribution in [2.75, 3.05) is 5.32 Å². The molecule has 1 heterocycles. The Labute approximate surface area is 158 Å². The lowest BCUT2D eigenvalue weighted by atomic mass is 10.1. The SMILES string of the molecule is CC(=O)C(=CNc1cc(C)nc2ccccc12)S(=O)(=O)c1ccc(C)cc1. The van der Waals surface area contributed by atoms with Crippen molar-refractivity contribution in [1.29, 1.82) is 0 Å². The fourth-order valence-corrected chi connectivity index (χ4v) is 4.12. The molecule has 27 heavy (non-hydrogen) atoms. The second kappa shape index (κ2) is 7.32. The fourth-order valence-electron chi connectivity index (χ4n) is 2.78. The number of rotatable bonds is 5. The lowest BCUT2D eigenvalue weighted by Crippen LogP contribution is -2.13. The van der Waals surface area contributed by atoms with Gasteiger partial charge in [-0.15, -0.1) is 0 Å². The first-order valence-electron chi connectivity index (χ1n) is 8.45. The van der Waals surface area contributed by atoms with Gasteiger partial charge >= 0.3 is 0 Å². The number of fused-ring (bicyclic) bond motifs is 1. The van der Waals surface area contributed by atoms with E-state index in [4.69, 9.17) is 0 Å². The molecule has 0 atom stereocenters. The zero-order chi connectivity index (χ0) is 19.6. The number of carbonyl (C=O) groups is 1. The normalized spacial score (nSPS) is 12.2. The minimum atomic E-state index is -3.92. The first-order valence-corrected chi connectivity index (χ1v) is 9.93. The molecular weight excluding hydrogens is 360 g/mol. The van der Waals surface area contributed by atoms with E-state index in [9.17, 15) is 13.2 Å². The smallest absolute Gasteiger partial charge is 0.211 e. The average molecular weight is 380 g/mol. The van der Waals surface area contributed by atoms with Crippen LogP contribution < -0.4 is 5.32 Å². The molecule has 0 fully saturated rings. The van der Waals surface area contributed by atoms with Gasteiger partial charge in [-0.3, -0.25) is 9.78 Å². The minimum Gasteiger partial charge on any atom is -0.360 e. The van der Waals surface area contributed by atoms with Crippen molar-refractivity contribution in [2.24, 2.45) is 0 Å². The van der Waals surface area contributed by atoms with Gasteiger partial charge in [0.05, 0.1) is 10.4 Å². The largest absolute Gasteiger partial charge is 0.360 e. The molecule has 0 radical (unpaired) electrons. The molecule has 0 spiro atoms. The number of carbonyl (C=O) groups excluding carboxylic acids is 1. The molecular formula is C21H20N2O3S. The topological polar surface area (TPSA) is 76.1 Å². The molecule has 2 aromatic carbocycles. The van der Waals surface area contributed by atoms with E-state index in [0.717, 1.165) is 22.2 Å². The summed E-state index contributed by atoms with van der Waals surface area (Å²) in [5.74, 6) is -0.529. The summed E-state index contributed by atoms with van der Waals surface area (Å²) in [7, 11) is -3.92. The van der Waals surface area contributed by atoms with Crippen LogP contribution in [0.2, 0.25) is 0 Å². The molecule has 0 saturated heterocycles. The second-order valence-electron chi connectivity index (χ2n) is 6.35. The third-order valence-corrected chi connectivity index (χ3v) is 6.05. The van der Waals surface area contributed by atoms with Gasteiger partial charge in [-0.05, 0) is 45.0 Å². The number of Topliss-reactive ketones (excluding diaryl/α,β-unsaturated/α-hetero) is 1. The van der Waals surface area contributed by atoms with Crippen LogP contribution in [0, 0.1) is 13.8 Å². The van der Waals surface area contributed by atoms with Crippen molar-refractivity contribution in [3.63, 3.8) is 0 Å². The van der Waals surface area contributed by atoms with Crippen molar-refractivity contribution in [2.45, 2.75) is 25.7 Å². The van der Waals surface area contributed by atoms with Crippen LogP contribution in [0.1, 0.15) is 18.2 Å². The number of pyridine rings is 1. The van der Waals surface area contributed by atoms with E-state index < -0.39 is 15.6 Å². The molecule has 5 nitrogen and oxygen atoms in total. The van der Waals surface area contributed by atoms with Crippen molar-refractivity contribution in [1.82, 2.24) is 4.98 Å². The maximum Gasteiger partial charge on any atom is 0.211 e. The van der Waals surface area contributed by atoms with Gasteiger partial charge < -0.3 is 5.32 Å². The highest BCUT2D eigenvalue weighted by atomic mass is 32.2. The summed E-state index contributed by atoms with van der Waals surface area (Å²) in [6.45, 7) is 4.97. The van der Waals surface area contributed by atoms with E-state index in [1.165, 1.54) is 25.3 Å². The number of benzene rings is 2. The fraction of sp³-hybridized carbons (Fsp3) is 0.143. The molecule has 0 saturated carbocycles. The monoisotopic (exact) mass is 380 g/mol. The summed E-state index contributed by atoms with van der Waals surface area (Å²) in [6, 6.07) is 15.8. The van der Waals surface area contributed by atoms with Gasteiger partial charge in [-0.25, -0.2) is 8.42 Å². The number of ketones is 1. The van der Waals surface area contributed by atoms with Gasteiger partial charge in [-0.1, -0.05) is 35.9 Å². The molecule has 0 aliphatic heterocycles. The summed E-state index contributed by atoms with van der Waals surface area (Å²) in [4.78, 5) is 16.3. The quantitative estimate of drug-likeness (QED) is 0.673. The summed E-state index contributed by atoms with van der Waals surface area (Å²) < 4.78 is 25.8. The third-order valence-electron chi connectivity index (χ3n) is 4.17. The number of para-hydroxylation sites is 1. The third kappa shape index (κ3) is 3.90. The summed E-state index contributed by atoms with van der Waals surface area (Å²) in [5.41, 5.74) is 3.21. The van der Waals surface area contributed by atoms with Crippen molar-refractivity contribution in [3.8, 4) is 0 Å². The van der Waals surface area contributed by atoms with E-state index in [2.05, 4.69) is 10.3 Å². The van der Waals surface area contributed by atoms with Crippen LogP contribution in [0.5, 0.6) is 0 Å². The lowest BCUT2D eigenvalue weighted by molar-refractivity contribution is -0.113. The molecule has 0 bridgehead atoms. The molecule has 0 amide bonds. The summed E-state index contributed by atoms with van der Waals surface area (Å²) in [6.07, 6.45) is 1.26. The number of nitrogens with zero attached hydrogens (tertiary/aromatic N) is 1. The number of anilines is 1. The summed E-state index contributed by atoms with van der Waals surface area (Å²) in [5, 5.41) is 3.84. The van der Waals surface area contributed by atoms with Crippen LogP contribution in [-0.2, 0) is 14.6 Å². The first-order chi connectivity index (χ1) is 12.8. The Balaban J connectivity index is 2.05. The number of sulfone groups is 1. The van der Waals surface area contributed by atoms with Gasteiger partial charge in [0.2, 0.25) is 9.84 Å². The van der Waals surface area contributed by atoms with E-state index in [-0.39, 0.29) is 9.80 Å². The molecule has 0 unspecified atom stereocenters. The number of hydrogen-bond acceptors (Lipinski definition) is 5. The maximum atomic E-state index is 12.9. The standard InChI is InChI=1S/C21H20N2O3S/c1-14-8-10-17(11-9-14)27(25,26)21(16(3)24)13-22-20-12-15(2)23-19-7-5-4-6-18(19)20/h4-13H,1-3H3,(H,22,23). The highest BCUT2D eigenvalue weighted by molar-refractivity contribution is 7.96. The minimum absolute atomic E-state index is 0.0899. The Morgan fingerprint density at radius 3 is 2.37 bits per heavy atom. The predicted octanol–water partition coefficient (Wildman–Crippen LogP) is 4.17. The Morgan fingerprint density at radius 1 is 1.04 bits per heavy atom. The van der Waals surface area contributed by atoms with Crippen molar-refractivity contribution >= 4 is 32.2 Å². The number of aryl methyl sites for hydroxylation is 2. The Hall–Kier alpha value is -2.99. The molecule has 0 aliphatic carbocycles. The first kappa shape index (κ1) is 18.8.